The SMILES string of the molecule is CCC(NC(=O)C1CCOC(C)C1)(C(=O)O)c1ccc(Cl)cc1. The Labute approximate surface area is 141 Å². The fraction of sp³-hybridized carbons (Fsp3) is 0.529. The van der Waals surface area contributed by atoms with Crippen molar-refractivity contribution in [3.8, 4) is 0 Å². The van der Waals surface area contributed by atoms with Crippen molar-refractivity contribution >= 4 is 23.5 Å². The fourth-order valence-electron chi connectivity index (χ4n) is 2.98. The summed E-state index contributed by atoms with van der Waals surface area (Å²) in [6, 6.07) is 6.56. The summed E-state index contributed by atoms with van der Waals surface area (Å²) >= 11 is 5.88. The van der Waals surface area contributed by atoms with Crippen LogP contribution in [0.5, 0.6) is 0 Å². The molecule has 0 spiro atoms. The number of hydrogen-bond acceptors (Lipinski definition) is 3. The summed E-state index contributed by atoms with van der Waals surface area (Å²) in [5, 5.41) is 13.1. The first-order valence-corrected chi connectivity index (χ1v) is 8.20. The highest BCUT2D eigenvalue weighted by atomic mass is 35.5. The summed E-state index contributed by atoms with van der Waals surface area (Å²) in [6.45, 7) is 4.19. The van der Waals surface area contributed by atoms with E-state index < -0.39 is 11.5 Å². The fourth-order valence-corrected chi connectivity index (χ4v) is 3.10. The van der Waals surface area contributed by atoms with E-state index in [0.717, 1.165) is 0 Å². The summed E-state index contributed by atoms with van der Waals surface area (Å²) in [5.41, 5.74) is -0.922. The van der Waals surface area contributed by atoms with Crippen LogP contribution in [0.4, 0.5) is 0 Å². The normalized spacial score (nSPS) is 23.8. The summed E-state index contributed by atoms with van der Waals surface area (Å²) in [6.07, 6.45) is 1.46. The van der Waals surface area contributed by atoms with E-state index in [2.05, 4.69) is 5.32 Å². The number of ether oxygens (including phenoxy) is 1. The Hall–Kier alpha value is -1.59. The standard InChI is InChI=1S/C17H22ClNO4/c1-3-17(16(21)22,13-4-6-14(18)7-5-13)19-15(20)12-8-9-23-11(2)10-12/h4-7,11-12H,3,8-10H2,1-2H3,(H,19,20)(H,21,22). The summed E-state index contributed by atoms with van der Waals surface area (Å²) in [4.78, 5) is 24.6. The zero-order chi connectivity index (χ0) is 17.0. The van der Waals surface area contributed by atoms with E-state index in [4.69, 9.17) is 16.3 Å². The predicted molar refractivity (Wildman–Crippen MR) is 87.3 cm³/mol. The van der Waals surface area contributed by atoms with Gasteiger partial charge in [0, 0.05) is 17.5 Å². The topological polar surface area (TPSA) is 75.6 Å². The Bertz CT molecular complexity index is 574. The molecule has 0 saturated carbocycles. The van der Waals surface area contributed by atoms with E-state index in [1.165, 1.54) is 0 Å². The van der Waals surface area contributed by atoms with Gasteiger partial charge in [-0.25, -0.2) is 4.79 Å². The van der Waals surface area contributed by atoms with E-state index in [1.54, 1.807) is 31.2 Å². The molecule has 3 unspecified atom stereocenters. The summed E-state index contributed by atoms with van der Waals surface area (Å²) in [5.74, 6) is -1.54. The molecule has 0 aliphatic carbocycles. The van der Waals surface area contributed by atoms with Crippen LogP contribution in [0.1, 0.15) is 38.7 Å². The number of carboxylic acid groups (broad SMARTS) is 1. The van der Waals surface area contributed by atoms with Crippen molar-refractivity contribution < 1.29 is 19.4 Å². The second-order valence-electron chi connectivity index (χ2n) is 5.96. The number of rotatable bonds is 5. The molecule has 0 radical (unpaired) electrons. The van der Waals surface area contributed by atoms with Crippen LogP contribution >= 0.6 is 11.6 Å². The van der Waals surface area contributed by atoms with Crippen molar-refractivity contribution in [3.63, 3.8) is 0 Å². The van der Waals surface area contributed by atoms with Gasteiger partial charge in [0.05, 0.1) is 6.10 Å². The van der Waals surface area contributed by atoms with Gasteiger partial charge in [-0.3, -0.25) is 4.79 Å². The van der Waals surface area contributed by atoms with Gasteiger partial charge in [0.2, 0.25) is 5.91 Å². The van der Waals surface area contributed by atoms with Crippen LogP contribution < -0.4 is 5.32 Å². The van der Waals surface area contributed by atoms with E-state index in [1.807, 2.05) is 6.92 Å². The van der Waals surface area contributed by atoms with Crippen molar-refractivity contribution in [3.05, 3.63) is 34.9 Å². The molecule has 1 aromatic rings. The van der Waals surface area contributed by atoms with Gasteiger partial charge in [0.25, 0.3) is 0 Å². The number of carbonyl (C=O) groups excluding carboxylic acids is 1. The molecule has 5 nitrogen and oxygen atoms in total. The first-order valence-electron chi connectivity index (χ1n) is 7.82. The van der Waals surface area contributed by atoms with Crippen LogP contribution in [-0.4, -0.2) is 29.7 Å². The number of carbonyl (C=O) groups is 2. The molecule has 3 atom stereocenters. The van der Waals surface area contributed by atoms with E-state index in [-0.39, 0.29) is 24.3 Å². The third-order valence-corrected chi connectivity index (χ3v) is 4.68. The third-order valence-electron chi connectivity index (χ3n) is 4.42. The zero-order valence-electron chi connectivity index (χ0n) is 13.3. The first-order chi connectivity index (χ1) is 10.9. The molecule has 23 heavy (non-hydrogen) atoms. The average molecular weight is 340 g/mol. The number of carboxylic acids is 1. The van der Waals surface area contributed by atoms with Gasteiger partial charge in [-0.1, -0.05) is 30.7 Å². The van der Waals surface area contributed by atoms with Crippen LogP contribution in [0.15, 0.2) is 24.3 Å². The quantitative estimate of drug-likeness (QED) is 0.864. The second kappa shape index (κ2) is 7.32. The molecule has 6 heteroatoms. The molecule has 126 valence electrons. The molecule has 2 N–H and O–H groups in total. The number of halogens is 1. The molecule has 1 heterocycles. The highest BCUT2D eigenvalue weighted by molar-refractivity contribution is 6.30. The molecule has 1 aliphatic rings. The number of amides is 1. The smallest absolute Gasteiger partial charge is 0.334 e. The van der Waals surface area contributed by atoms with Crippen LogP contribution in [0.25, 0.3) is 0 Å². The largest absolute Gasteiger partial charge is 0.479 e. The van der Waals surface area contributed by atoms with Gasteiger partial charge < -0.3 is 15.2 Å². The van der Waals surface area contributed by atoms with Gasteiger partial charge in [0.15, 0.2) is 5.54 Å². The maximum absolute atomic E-state index is 12.6. The van der Waals surface area contributed by atoms with Crippen molar-refractivity contribution in [2.45, 2.75) is 44.8 Å². The van der Waals surface area contributed by atoms with Crippen molar-refractivity contribution in [2.75, 3.05) is 6.61 Å². The van der Waals surface area contributed by atoms with Crippen molar-refractivity contribution in [1.29, 1.82) is 0 Å². The number of nitrogens with one attached hydrogen (secondary N) is 1. The van der Waals surface area contributed by atoms with Crippen LogP contribution in [0.3, 0.4) is 0 Å². The lowest BCUT2D eigenvalue weighted by Crippen LogP contribution is -2.53. The Morgan fingerprint density at radius 3 is 2.57 bits per heavy atom. The molecule has 1 aromatic carbocycles. The molecule has 1 amide bonds. The minimum atomic E-state index is -1.44. The lowest BCUT2D eigenvalue weighted by Gasteiger charge is -2.33. The summed E-state index contributed by atoms with van der Waals surface area (Å²) in [7, 11) is 0. The van der Waals surface area contributed by atoms with Gasteiger partial charge in [0.1, 0.15) is 0 Å². The van der Waals surface area contributed by atoms with Gasteiger partial charge in [-0.05, 0) is 43.9 Å². The minimum Gasteiger partial charge on any atom is -0.479 e. The lowest BCUT2D eigenvalue weighted by molar-refractivity contribution is -0.150. The van der Waals surface area contributed by atoms with E-state index in [0.29, 0.717) is 30.0 Å². The van der Waals surface area contributed by atoms with Gasteiger partial charge in [-0.15, -0.1) is 0 Å². The molecule has 1 aliphatic heterocycles. The predicted octanol–water partition coefficient (Wildman–Crippen LogP) is 2.96. The maximum Gasteiger partial charge on any atom is 0.334 e. The molecule has 2 rings (SSSR count). The van der Waals surface area contributed by atoms with E-state index >= 15 is 0 Å². The molecule has 1 fully saturated rings. The summed E-state index contributed by atoms with van der Waals surface area (Å²) < 4.78 is 5.45. The monoisotopic (exact) mass is 339 g/mol. The maximum atomic E-state index is 12.6. The van der Waals surface area contributed by atoms with Gasteiger partial charge >= 0.3 is 5.97 Å². The Kier molecular flexibility index (Phi) is 5.65. The molecule has 0 aromatic heterocycles. The number of aliphatic carboxylic acids is 1. The number of benzene rings is 1. The average Bonchev–Trinajstić information content (AvgIpc) is 2.53. The van der Waals surface area contributed by atoms with E-state index in [9.17, 15) is 14.7 Å². The third kappa shape index (κ3) is 3.85. The highest BCUT2D eigenvalue weighted by Gasteiger charge is 2.42. The Morgan fingerprint density at radius 2 is 2.04 bits per heavy atom. The second-order valence-corrected chi connectivity index (χ2v) is 6.40. The molecular weight excluding hydrogens is 318 g/mol. The molecular formula is C17H22ClNO4. The Balaban J connectivity index is 2.26. The molecule has 1 saturated heterocycles. The van der Waals surface area contributed by atoms with Crippen LogP contribution in [-0.2, 0) is 19.9 Å². The van der Waals surface area contributed by atoms with Crippen molar-refractivity contribution in [1.82, 2.24) is 5.32 Å². The minimum absolute atomic E-state index is 0.0101. The van der Waals surface area contributed by atoms with Crippen LogP contribution in [0.2, 0.25) is 5.02 Å². The first kappa shape index (κ1) is 17.8. The molecule has 0 bridgehead atoms. The Morgan fingerprint density at radius 1 is 1.39 bits per heavy atom. The van der Waals surface area contributed by atoms with Crippen molar-refractivity contribution in [2.24, 2.45) is 5.92 Å². The van der Waals surface area contributed by atoms with Crippen LogP contribution in [0, 0.1) is 5.92 Å². The highest BCUT2D eigenvalue weighted by Crippen LogP contribution is 2.29. The lowest BCUT2D eigenvalue weighted by atomic mass is 9.85. The van der Waals surface area contributed by atoms with Gasteiger partial charge in [-0.2, -0.15) is 0 Å². The zero-order valence-corrected chi connectivity index (χ0v) is 14.1. The number of hydrogen-bond donors (Lipinski definition) is 2.